The first-order valence-corrected chi connectivity index (χ1v) is 6.29. The number of nitrogens with two attached hydrogens (primary N) is 1. The predicted octanol–water partition coefficient (Wildman–Crippen LogP) is 1.35. The van der Waals surface area contributed by atoms with E-state index in [1.807, 2.05) is 19.1 Å². The van der Waals surface area contributed by atoms with Crippen LogP contribution in [0.3, 0.4) is 0 Å². The third-order valence-corrected chi connectivity index (χ3v) is 3.00. The summed E-state index contributed by atoms with van der Waals surface area (Å²) in [5.41, 5.74) is 7.65. The van der Waals surface area contributed by atoms with Crippen LogP contribution < -0.4 is 10.6 Å². The van der Waals surface area contributed by atoms with E-state index in [-0.39, 0.29) is 18.4 Å². The highest BCUT2D eigenvalue weighted by Crippen LogP contribution is 2.26. The summed E-state index contributed by atoms with van der Waals surface area (Å²) in [4.78, 5) is 25.2. The second-order valence-electron chi connectivity index (χ2n) is 4.50. The summed E-state index contributed by atoms with van der Waals surface area (Å²) >= 11 is 0. The van der Waals surface area contributed by atoms with E-state index in [0.717, 1.165) is 5.56 Å². The Balaban J connectivity index is 2.48. The molecule has 1 saturated heterocycles. The van der Waals surface area contributed by atoms with Gasteiger partial charge >= 0.3 is 0 Å². The highest BCUT2D eigenvalue weighted by molar-refractivity contribution is 6.17. The lowest BCUT2D eigenvalue weighted by Gasteiger charge is -2.26. The average molecular weight is 256 g/mol. The maximum absolute atomic E-state index is 11.9. The second kappa shape index (κ2) is 5.68. The van der Waals surface area contributed by atoms with Crippen LogP contribution in [0.15, 0.2) is 18.2 Å². The number of amides is 2. The number of carbonyl (C=O) groups excluding carboxylic acids is 2. The summed E-state index contributed by atoms with van der Waals surface area (Å²) in [7, 11) is 0. The van der Waals surface area contributed by atoms with Gasteiger partial charge in [0.15, 0.2) is 0 Å². The van der Waals surface area contributed by atoms with Gasteiger partial charge in [-0.05, 0) is 31.0 Å². The van der Waals surface area contributed by atoms with Crippen molar-refractivity contribution in [3.05, 3.63) is 29.3 Å². The molecule has 4 heteroatoms. The molecule has 0 aromatic heterocycles. The Morgan fingerprint density at radius 1 is 1.26 bits per heavy atom. The van der Waals surface area contributed by atoms with Gasteiger partial charge in [0.1, 0.15) is 0 Å². The summed E-state index contributed by atoms with van der Waals surface area (Å²) in [6, 6.07) is 5.52. The molecule has 2 rings (SSSR count). The Morgan fingerprint density at radius 2 is 1.95 bits per heavy atom. The Labute approximate surface area is 112 Å². The van der Waals surface area contributed by atoms with Crippen LogP contribution in [0.4, 0.5) is 5.69 Å². The third kappa shape index (κ3) is 2.83. The van der Waals surface area contributed by atoms with Gasteiger partial charge in [-0.3, -0.25) is 9.59 Å². The zero-order valence-corrected chi connectivity index (χ0v) is 10.9. The fraction of sp³-hybridized carbons (Fsp3) is 0.333. The van der Waals surface area contributed by atoms with Crippen molar-refractivity contribution >= 4 is 17.5 Å². The standard InChI is InChI=1S/C15H16N2O2/c1-11-7-8-13(12(10-11)4-3-9-16)17-14(18)5-2-6-15(17)19/h7-8,10H,2,5-6,9,16H2,1H3. The molecule has 2 N–H and O–H groups in total. The summed E-state index contributed by atoms with van der Waals surface area (Å²) in [5, 5.41) is 0. The van der Waals surface area contributed by atoms with Gasteiger partial charge in [-0.1, -0.05) is 17.9 Å². The number of rotatable bonds is 1. The summed E-state index contributed by atoms with van der Waals surface area (Å²) in [6.07, 6.45) is 1.44. The molecule has 4 nitrogen and oxygen atoms in total. The van der Waals surface area contributed by atoms with E-state index in [9.17, 15) is 9.59 Å². The molecule has 98 valence electrons. The molecule has 1 aliphatic heterocycles. The Morgan fingerprint density at radius 3 is 2.58 bits per heavy atom. The first kappa shape index (κ1) is 13.3. The van der Waals surface area contributed by atoms with Crippen molar-refractivity contribution in [2.75, 3.05) is 11.4 Å². The molecule has 0 radical (unpaired) electrons. The fourth-order valence-corrected chi connectivity index (χ4v) is 2.11. The summed E-state index contributed by atoms with van der Waals surface area (Å²) in [6.45, 7) is 2.19. The molecule has 1 aromatic rings. The van der Waals surface area contributed by atoms with Crippen molar-refractivity contribution < 1.29 is 9.59 Å². The molecule has 2 amide bonds. The lowest BCUT2D eigenvalue weighted by molar-refractivity contribution is -0.129. The number of benzene rings is 1. The first-order valence-electron chi connectivity index (χ1n) is 6.29. The van der Waals surface area contributed by atoms with Gasteiger partial charge in [-0.15, -0.1) is 0 Å². The highest BCUT2D eigenvalue weighted by atomic mass is 16.2. The number of hydrogen-bond donors (Lipinski definition) is 1. The minimum Gasteiger partial charge on any atom is -0.320 e. The van der Waals surface area contributed by atoms with E-state index in [1.165, 1.54) is 4.90 Å². The van der Waals surface area contributed by atoms with Crippen LogP contribution >= 0.6 is 0 Å². The van der Waals surface area contributed by atoms with Crippen molar-refractivity contribution in [1.29, 1.82) is 0 Å². The number of piperidine rings is 1. The molecule has 0 bridgehead atoms. The smallest absolute Gasteiger partial charge is 0.233 e. The normalized spacial score (nSPS) is 15.2. The first-order chi connectivity index (χ1) is 9.13. The van der Waals surface area contributed by atoms with E-state index in [1.54, 1.807) is 6.07 Å². The molecule has 1 fully saturated rings. The number of aryl methyl sites for hydroxylation is 1. The van der Waals surface area contributed by atoms with Gasteiger partial charge in [-0.2, -0.15) is 0 Å². The average Bonchev–Trinajstić information content (AvgIpc) is 2.38. The Bertz CT molecular complexity index is 566. The SMILES string of the molecule is Cc1ccc(N2C(=O)CCCC2=O)c(C#CCN)c1. The van der Waals surface area contributed by atoms with Crippen LogP contribution in [-0.4, -0.2) is 18.4 Å². The van der Waals surface area contributed by atoms with Crippen LogP contribution in [0.25, 0.3) is 0 Å². The monoisotopic (exact) mass is 256 g/mol. The zero-order chi connectivity index (χ0) is 13.8. The molecule has 1 heterocycles. The van der Waals surface area contributed by atoms with Gasteiger partial charge in [0, 0.05) is 18.4 Å². The van der Waals surface area contributed by atoms with Gasteiger partial charge in [0.25, 0.3) is 0 Å². The van der Waals surface area contributed by atoms with Crippen molar-refractivity contribution in [3.8, 4) is 11.8 Å². The highest BCUT2D eigenvalue weighted by Gasteiger charge is 2.28. The van der Waals surface area contributed by atoms with E-state index in [2.05, 4.69) is 11.8 Å². The molecular weight excluding hydrogens is 240 g/mol. The van der Waals surface area contributed by atoms with E-state index < -0.39 is 0 Å². The molecule has 0 unspecified atom stereocenters. The molecule has 19 heavy (non-hydrogen) atoms. The molecule has 0 atom stereocenters. The topological polar surface area (TPSA) is 63.4 Å². The number of hydrogen-bond acceptors (Lipinski definition) is 3. The quantitative estimate of drug-likeness (QED) is 0.609. The molecule has 0 aliphatic carbocycles. The van der Waals surface area contributed by atoms with Crippen molar-refractivity contribution in [2.45, 2.75) is 26.2 Å². The number of carbonyl (C=O) groups is 2. The van der Waals surface area contributed by atoms with Gasteiger partial charge in [0.05, 0.1) is 12.2 Å². The molecule has 1 aliphatic rings. The second-order valence-corrected chi connectivity index (χ2v) is 4.50. The van der Waals surface area contributed by atoms with Gasteiger partial charge in [0.2, 0.25) is 11.8 Å². The molecule has 1 aromatic carbocycles. The van der Waals surface area contributed by atoms with Crippen molar-refractivity contribution in [2.24, 2.45) is 5.73 Å². The summed E-state index contributed by atoms with van der Waals surface area (Å²) in [5.74, 6) is 5.39. The van der Waals surface area contributed by atoms with Crippen LogP contribution in [0.1, 0.15) is 30.4 Å². The van der Waals surface area contributed by atoms with Gasteiger partial charge in [-0.25, -0.2) is 4.90 Å². The van der Waals surface area contributed by atoms with Crippen LogP contribution in [0.5, 0.6) is 0 Å². The maximum Gasteiger partial charge on any atom is 0.233 e. The van der Waals surface area contributed by atoms with Crippen molar-refractivity contribution in [3.63, 3.8) is 0 Å². The zero-order valence-electron chi connectivity index (χ0n) is 10.9. The molecular formula is C15H16N2O2. The van der Waals surface area contributed by atoms with E-state index >= 15 is 0 Å². The van der Waals surface area contributed by atoms with Crippen LogP contribution in [-0.2, 0) is 9.59 Å². The van der Waals surface area contributed by atoms with E-state index in [0.29, 0.717) is 30.5 Å². The van der Waals surface area contributed by atoms with Crippen molar-refractivity contribution in [1.82, 2.24) is 0 Å². The minimum absolute atomic E-state index is 0.157. The van der Waals surface area contributed by atoms with E-state index in [4.69, 9.17) is 5.73 Å². The fourth-order valence-electron chi connectivity index (χ4n) is 2.11. The molecule has 0 saturated carbocycles. The predicted molar refractivity (Wildman–Crippen MR) is 73.5 cm³/mol. The van der Waals surface area contributed by atoms with Crippen LogP contribution in [0.2, 0.25) is 0 Å². The number of nitrogens with zero attached hydrogens (tertiary/aromatic N) is 1. The third-order valence-electron chi connectivity index (χ3n) is 3.00. The Hall–Kier alpha value is -2.12. The lowest BCUT2D eigenvalue weighted by atomic mass is 10.0. The number of imide groups is 1. The Kier molecular flexibility index (Phi) is 3.98. The molecule has 0 spiro atoms. The number of anilines is 1. The maximum atomic E-state index is 11.9. The lowest BCUT2D eigenvalue weighted by Crippen LogP contribution is -2.40. The van der Waals surface area contributed by atoms with Gasteiger partial charge < -0.3 is 5.73 Å². The van der Waals surface area contributed by atoms with Crippen LogP contribution in [0, 0.1) is 18.8 Å². The minimum atomic E-state index is -0.157. The summed E-state index contributed by atoms with van der Waals surface area (Å²) < 4.78 is 0. The largest absolute Gasteiger partial charge is 0.320 e.